The summed E-state index contributed by atoms with van der Waals surface area (Å²) in [6.45, 7) is 3.59. The molecule has 1 rings (SSSR count). The minimum atomic E-state index is -0.783. The second-order valence-electron chi connectivity index (χ2n) is 5.17. The Balaban J connectivity index is 2.47. The van der Waals surface area contributed by atoms with Crippen molar-refractivity contribution in [2.75, 3.05) is 0 Å². The third-order valence-corrected chi connectivity index (χ3v) is 4.17. The zero-order valence-electron chi connectivity index (χ0n) is 12.0. The molecule has 2 atom stereocenters. The second-order valence-corrected chi connectivity index (χ2v) is 6.46. The summed E-state index contributed by atoms with van der Waals surface area (Å²) in [4.78, 5) is 22.9. The lowest BCUT2D eigenvalue weighted by atomic mass is 10.0. The molecule has 0 saturated heterocycles. The van der Waals surface area contributed by atoms with E-state index in [4.69, 9.17) is 16.7 Å². The lowest BCUT2D eigenvalue weighted by molar-refractivity contribution is -0.141. The number of nitrogens with one attached hydrogen (secondary N) is 1. The average Bonchev–Trinajstić information content (AvgIpc) is 2.41. The van der Waals surface area contributed by atoms with Crippen LogP contribution < -0.4 is 5.32 Å². The minimum absolute atomic E-state index is 0.0237. The number of amides is 1. The van der Waals surface area contributed by atoms with Crippen LogP contribution in [0.1, 0.15) is 43.5 Å². The average molecular weight is 377 g/mol. The van der Waals surface area contributed by atoms with Gasteiger partial charge >= 0.3 is 5.97 Å². The third kappa shape index (κ3) is 6.06. The number of rotatable bonds is 7. The Morgan fingerprint density at radius 1 is 1.33 bits per heavy atom. The SMILES string of the molecule is CC(CCCC(C)C(=O)O)NC(=O)c1cc(Cl)ccc1Br. The van der Waals surface area contributed by atoms with E-state index in [-0.39, 0.29) is 17.9 Å². The van der Waals surface area contributed by atoms with Gasteiger partial charge in [-0.05, 0) is 53.9 Å². The van der Waals surface area contributed by atoms with E-state index in [1.165, 1.54) is 0 Å². The Labute approximate surface area is 138 Å². The van der Waals surface area contributed by atoms with Crippen molar-refractivity contribution in [1.29, 1.82) is 0 Å². The number of halogens is 2. The van der Waals surface area contributed by atoms with Gasteiger partial charge in [0, 0.05) is 15.5 Å². The van der Waals surface area contributed by atoms with Gasteiger partial charge in [0.25, 0.3) is 5.91 Å². The molecule has 0 bridgehead atoms. The molecular weight excluding hydrogens is 358 g/mol. The highest BCUT2D eigenvalue weighted by atomic mass is 79.9. The summed E-state index contributed by atoms with van der Waals surface area (Å²) in [5, 5.41) is 12.2. The van der Waals surface area contributed by atoms with Crippen LogP contribution in [0.15, 0.2) is 22.7 Å². The highest BCUT2D eigenvalue weighted by molar-refractivity contribution is 9.10. The predicted octanol–water partition coefficient (Wildman–Crippen LogP) is 4.11. The van der Waals surface area contributed by atoms with E-state index in [2.05, 4.69) is 21.2 Å². The van der Waals surface area contributed by atoms with Gasteiger partial charge in [0.05, 0.1) is 11.5 Å². The number of hydrogen-bond acceptors (Lipinski definition) is 2. The number of carboxylic acid groups (broad SMARTS) is 1. The summed E-state index contributed by atoms with van der Waals surface area (Å²) >= 11 is 9.21. The molecule has 0 aliphatic rings. The molecule has 0 aliphatic heterocycles. The van der Waals surface area contributed by atoms with E-state index in [1.807, 2.05) is 6.92 Å². The molecule has 6 heteroatoms. The second kappa shape index (κ2) is 8.39. The molecule has 2 unspecified atom stereocenters. The smallest absolute Gasteiger partial charge is 0.306 e. The van der Waals surface area contributed by atoms with Gasteiger partial charge in [0.15, 0.2) is 0 Å². The fraction of sp³-hybridized carbons (Fsp3) is 0.467. The van der Waals surface area contributed by atoms with Gasteiger partial charge < -0.3 is 10.4 Å². The van der Waals surface area contributed by atoms with Crippen molar-refractivity contribution in [3.63, 3.8) is 0 Å². The van der Waals surface area contributed by atoms with Gasteiger partial charge in [0.2, 0.25) is 0 Å². The first-order valence-corrected chi connectivity index (χ1v) is 7.97. The molecule has 21 heavy (non-hydrogen) atoms. The molecule has 0 radical (unpaired) electrons. The highest BCUT2D eigenvalue weighted by Crippen LogP contribution is 2.21. The quantitative estimate of drug-likeness (QED) is 0.752. The molecule has 1 aromatic carbocycles. The largest absolute Gasteiger partial charge is 0.481 e. The zero-order valence-corrected chi connectivity index (χ0v) is 14.4. The van der Waals surface area contributed by atoms with E-state index < -0.39 is 5.97 Å². The maximum atomic E-state index is 12.1. The number of carbonyl (C=O) groups excluding carboxylic acids is 1. The molecule has 0 heterocycles. The lowest BCUT2D eigenvalue weighted by Gasteiger charge is -2.15. The first-order valence-electron chi connectivity index (χ1n) is 6.80. The molecule has 0 spiro atoms. The topological polar surface area (TPSA) is 66.4 Å². The Morgan fingerprint density at radius 2 is 2.00 bits per heavy atom. The van der Waals surface area contributed by atoms with Crippen LogP contribution in [-0.4, -0.2) is 23.0 Å². The molecule has 2 N–H and O–H groups in total. The monoisotopic (exact) mass is 375 g/mol. The third-order valence-electron chi connectivity index (χ3n) is 3.25. The van der Waals surface area contributed by atoms with Crippen molar-refractivity contribution in [2.45, 2.75) is 39.2 Å². The number of carbonyl (C=O) groups is 2. The Hall–Kier alpha value is -1.07. The zero-order chi connectivity index (χ0) is 16.0. The molecular formula is C15H19BrClNO3. The van der Waals surface area contributed by atoms with Crippen molar-refractivity contribution < 1.29 is 14.7 Å². The van der Waals surface area contributed by atoms with Gasteiger partial charge in [-0.25, -0.2) is 0 Å². The van der Waals surface area contributed by atoms with Crippen molar-refractivity contribution in [3.05, 3.63) is 33.3 Å². The fourth-order valence-electron chi connectivity index (χ4n) is 1.90. The Kier molecular flexibility index (Phi) is 7.18. The van der Waals surface area contributed by atoms with Crippen molar-refractivity contribution in [2.24, 2.45) is 5.92 Å². The van der Waals surface area contributed by atoms with Crippen molar-refractivity contribution >= 4 is 39.4 Å². The van der Waals surface area contributed by atoms with E-state index in [0.29, 0.717) is 21.5 Å². The van der Waals surface area contributed by atoms with E-state index in [1.54, 1.807) is 25.1 Å². The maximum absolute atomic E-state index is 12.1. The molecule has 4 nitrogen and oxygen atoms in total. The molecule has 0 saturated carbocycles. The van der Waals surface area contributed by atoms with Crippen LogP contribution >= 0.6 is 27.5 Å². The normalized spacial score (nSPS) is 13.5. The van der Waals surface area contributed by atoms with Crippen LogP contribution in [0.5, 0.6) is 0 Å². The number of hydrogen-bond donors (Lipinski definition) is 2. The van der Waals surface area contributed by atoms with Gasteiger partial charge in [-0.3, -0.25) is 9.59 Å². The van der Waals surface area contributed by atoms with E-state index >= 15 is 0 Å². The fourth-order valence-corrected chi connectivity index (χ4v) is 2.50. The predicted molar refractivity (Wildman–Crippen MR) is 86.7 cm³/mol. The Bertz CT molecular complexity index is 522. The summed E-state index contributed by atoms with van der Waals surface area (Å²) in [7, 11) is 0. The standard InChI is InChI=1S/C15H19BrClNO3/c1-9(15(20)21)4-3-5-10(2)18-14(19)12-8-11(17)6-7-13(12)16/h6-10H,3-5H2,1-2H3,(H,18,19)(H,20,21). The minimum Gasteiger partial charge on any atom is -0.481 e. The van der Waals surface area contributed by atoms with Crippen LogP contribution in [0, 0.1) is 5.92 Å². The van der Waals surface area contributed by atoms with Crippen LogP contribution in [0.2, 0.25) is 5.02 Å². The summed E-state index contributed by atoms with van der Waals surface area (Å²) in [5.74, 6) is -1.33. The van der Waals surface area contributed by atoms with Gasteiger partial charge in [-0.2, -0.15) is 0 Å². The lowest BCUT2D eigenvalue weighted by Crippen LogP contribution is -2.32. The van der Waals surface area contributed by atoms with Crippen molar-refractivity contribution in [1.82, 2.24) is 5.32 Å². The van der Waals surface area contributed by atoms with Crippen molar-refractivity contribution in [3.8, 4) is 0 Å². The first-order chi connectivity index (χ1) is 9.81. The molecule has 116 valence electrons. The number of carboxylic acids is 1. The molecule has 1 aromatic rings. The summed E-state index contributed by atoms with van der Waals surface area (Å²) in [5.41, 5.74) is 0.494. The highest BCUT2D eigenvalue weighted by Gasteiger charge is 2.15. The summed E-state index contributed by atoms with van der Waals surface area (Å²) < 4.78 is 0.691. The van der Waals surface area contributed by atoms with Crippen LogP contribution in [-0.2, 0) is 4.79 Å². The Morgan fingerprint density at radius 3 is 2.62 bits per heavy atom. The molecule has 1 amide bonds. The molecule has 0 aliphatic carbocycles. The molecule has 0 fully saturated rings. The number of aliphatic carboxylic acids is 1. The maximum Gasteiger partial charge on any atom is 0.306 e. The summed E-state index contributed by atoms with van der Waals surface area (Å²) in [6.07, 6.45) is 2.10. The van der Waals surface area contributed by atoms with E-state index in [0.717, 1.165) is 12.8 Å². The number of benzene rings is 1. The first kappa shape index (κ1) is 18.0. The van der Waals surface area contributed by atoms with Crippen LogP contribution in [0.3, 0.4) is 0 Å². The van der Waals surface area contributed by atoms with Crippen LogP contribution in [0.25, 0.3) is 0 Å². The summed E-state index contributed by atoms with van der Waals surface area (Å²) in [6, 6.07) is 5.03. The van der Waals surface area contributed by atoms with Gasteiger partial charge in [-0.15, -0.1) is 0 Å². The van der Waals surface area contributed by atoms with Crippen LogP contribution in [0.4, 0.5) is 0 Å². The van der Waals surface area contributed by atoms with Gasteiger partial charge in [-0.1, -0.05) is 24.9 Å². The molecule has 0 aromatic heterocycles. The van der Waals surface area contributed by atoms with Gasteiger partial charge in [0.1, 0.15) is 0 Å². The van der Waals surface area contributed by atoms with E-state index in [9.17, 15) is 9.59 Å².